The number of hydrogen-bond donors (Lipinski definition) is 3. The molecule has 0 aliphatic heterocycles. The number of nitrogens with one attached hydrogen (secondary N) is 1. The minimum atomic E-state index is -1.46. The number of ether oxygens (including phenoxy) is 2. The van der Waals surface area contributed by atoms with E-state index >= 15 is 0 Å². The largest absolute Gasteiger partial charge is 0.506 e. The van der Waals surface area contributed by atoms with Gasteiger partial charge in [0.25, 0.3) is 0 Å². The number of likely N-dealkylation sites (N-methyl/N-ethyl adjacent to an activating group) is 1. The summed E-state index contributed by atoms with van der Waals surface area (Å²) in [6.45, 7) is -0.123. The number of carboxylic acid groups (broad SMARTS) is 2. The summed E-state index contributed by atoms with van der Waals surface area (Å²) in [7, 11) is 1.58. The van der Waals surface area contributed by atoms with Gasteiger partial charge in [-0.15, -0.1) is 0 Å². The van der Waals surface area contributed by atoms with Crippen LogP contribution >= 0.6 is 0 Å². The molecule has 0 aromatic heterocycles. The molecule has 0 saturated heterocycles. The van der Waals surface area contributed by atoms with Gasteiger partial charge in [-0.25, -0.2) is 9.59 Å². The lowest BCUT2D eigenvalue weighted by atomic mass is 10.4. The zero-order valence-corrected chi connectivity index (χ0v) is 7.02. The van der Waals surface area contributed by atoms with Crippen LogP contribution in [-0.2, 0) is 9.47 Å². The molecule has 76 valence electrons. The molecule has 13 heavy (non-hydrogen) atoms. The van der Waals surface area contributed by atoms with Crippen LogP contribution in [-0.4, -0.2) is 48.8 Å². The highest BCUT2D eigenvalue weighted by atomic mass is 16.7. The number of rotatable bonds is 5. The summed E-state index contributed by atoms with van der Waals surface area (Å²) >= 11 is 0. The second-order valence-corrected chi connectivity index (χ2v) is 2.14. The summed E-state index contributed by atoms with van der Waals surface area (Å²) in [6, 6.07) is 0. The van der Waals surface area contributed by atoms with E-state index in [1.54, 1.807) is 7.05 Å². The third-order valence-corrected chi connectivity index (χ3v) is 1.09. The van der Waals surface area contributed by atoms with Crippen molar-refractivity contribution in [2.45, 2.75) is 6.10 Å². The van der Waals surface area contributed by atoms with Crippen LogP contribution in [0.1, 0.15) is 0 Å². The van der Waals surface area contributed by atoms with Crippen molar-refractivity contribution in [3.8, 4) is 0 Å². The summed E-state index contributed by atoms with van der Waals surface area (Å²) in [5.74, 6) is 0. The molecule has 7 heteroatoms. The molecule has 7 nitrogen and oxygen atoms in total. The zero-order chi connectivity index (χ0) is 10.3. The molecule has 1 atom stereocenters. The Bertz CT molecular complexity index is 182. The van der Waals surface area contributed by atoms with Gasteiger partial charge in [-0.2, -0.15) is 0 Å². The van der Waals surface area contributed by atoms with Gasteiger partial charge in [0.05, 0.1) is 0 Å². The molecule has 0 radical (unpaired) electrons. The normalized spacial score (nSPS) is 11.8. The van der Waals surface area contributed by atoms with E-state index in [0.29, 0.717) is 0 Å². The van der Waals surface area contributed by atoms with Gasteiger partial charge in [0.2, 0.25) is 0 Å². The highest BCUT2D eigenvalue weighted by Gasteiger charge is 2.14. The molecule has 0 fully saturated rings. The summed E-state index contributed by atoms with van der Waals surface area (Å²) in [5, 5.41) is 19.0. The molecule has 0 bridgehead atoms. The highest BCUT2D eigenvalue weighted by Crippen LogP contribution is 1.93. The molecule has 1 unspecified atom stereocenters. The van der Waals surface area contributed by atoms with E-state index in [9.17, 15) is 9.59 Å². The van der Waals surface area contributed by atoms with Crippen molar-refractivity contribution < 1.29 is 29.3 Å². The molecule has 0 rings (SSSR count). The van der Waals surface area contributed by atoms with Crippen LogP contribution in [0.4, 0.5) is 9.59 Å². The Morgan fingerprint density at radius 3 is 2.38 bits per heavy atom. The molecule has 0 aromatic carbocycles. The second kappa shape index (κ2) is 6.06. The van der Waals surface area contributed by atoms with Gasteiger partial charge in [-0.1, -0.05) is 0 Å². The molecule has 0 aliphatic rings. The summed E-state index contributed by atoms with van der Waals surface area (Å²) in [6.07, 6.45) is -3.75. The van der Waals surface area contributed by atoms with E-state index in [2.05, 4.69) is 14.8 Å². The average Bonchev–Trinajstić information content (AvgIpc) is 1.99. The van der Waals surface area contributed by atoms with Crippen molar-refractivity contribution in [1.82, 2.24) is 5.32 Å². The maximum Gasteiger partial charge on any atom is 0.506 e. The molecule has 3 N–H and O–H groups in total. The molecule has 0 saturated carbocycles. The van der Waals surface area contributed by atoms with Gasteiger partial charge in [0.1, 0.15) is 6.61 Å². The highest BCUT2D eigenvalue weighted by molar-refractivity contribution is 5.58. The smallest absolute Gasteiger partial charge is 0.450 e. The molecule has 0 aromatic rings. The minimum Gasteiger partial charge on any atom is -0.450 e. The molecule has 0 heterocycles. The quantitative estimate of drug-likeness (QED) is 0.526. The zero-order valence-electron chi connectivity index (χ0n) is 7.02. The molecular weight excluding hydrogens is 182 g/mol. The van der Waals surface area contributed by atoms with Gasteiger partial charge < -0.3 is 25.0 Å². The summed E-state index contributed by atoms with van der Waals surface area (Å²) in [4.78, 5) is 20.0. The SMILES string of the molecule is CNCC(COC(=O)O)OC(=O)O. The van der Waals surface area contributed by atoms with Crippen molar-refractivity contribution in [1.29, 1.82) is 0 Å². The first kappa shape index (κ1) is 11.5. The minimum absolute atomic E-state index is 0.194. The van der Waals surface area contributed by atoms with Gasteiger partial charge >= 0.3 is 12.3 Å². The van der Waals surface area contributed by atoms with Crippen molar-refractivity contribution >= 4 is 12.3 Å². The van der Waals surface area contributed by atoms with Crippen LogP contribution in [0.15, 0.2) is 0 Å². The first-order valence-corrected chi connectivity index (χ1v) is 3.46. The van der Waals surface area contributed by atoms with Crippen LogP contribution < -0.4 is 5.32 Å². The Morgan fingerprint density at radius 2 is 2.00 bits per heavy atom. The first-order chi connectivity index (χ1) is 6.06. The fourth-order valence-corrected chi connectivity index (χ4v) is 0.669. The fraction of sp³-hybridized carbons (Fsp3) is 0.667. The van der Waals surface area contributed by atoms with Gasteiger partial charge in [-0.3, -0.25) is 0 Å². The lowest BCUT2D eigenvalue weighted by Gasteiger charge is -2.13. The lowest BCUT2D eigenvalue weighted by molar-refractivity contribution is 0.00614. The Hall–Kier alpha value is -1.50. The first-order valence-electron chi connectivity index (χ1n) is 3.46. The van der Waals surface area contributed by atoms with Crippen LogP contribution in [0, 0.1) is 0 Å². The van der Waals surface area contributed by atoms with Gasteiger partial charge in [0, 0.05) is 6.54 Å². The van der Waals surface area contributed by atoms with Gasteiger partial charge in [0.15, 0.2) is 6.10 Å². The molecule has 0 amide bonds. The summed E-state index contributed by atoms with van der Waals surface area (Å²) in [5.41, 5.74) is 0. The van der Waals surface area contributed by atoms with Crippen molar-refractivity contribution in [2.24, 2.45) is 0 Å². The van der Waals surface area contributed by atoms with Crippen molar-refractivity contribution in [3.63, 3.8) is 0 Å². The van der Waals surface area contributed by atoms with Crippen LogP contribution in [0.2, 0.25) is 0 Å². The van der Waals surface area contributed by atoms with E-state index in [4.69, 9.17) is 10.2 Å². The van der Waals surface area contributed by atoms with E-state index in [-0.39, 0.29) is 13.2 Å². The Balaban J connectivity index is 3.79. The van der Waals surface area contributed by atoms with Crippen molar-refractivity contribution in [3.05, 3.63) is 0 Å². The van der Waals surface area contributed by atoms with E-state index in [0.717, 1.165) is 0 Å². The monoisotopic (exact) mass is 193 g/mol. The molecule has 0 spiro atoms. The van der Waals surface area contributed by atoms with E-state index < -0.39 is 18.4 Å². The van der Waals surface area contributed by atoms with Crippen LogP contribution in [0.3, 0.4) is 0 Å². The Kier molecular flexibility index (Phi) is 5.37. The average molecular weight is 193 g/mol. The standard InChI is InChI=1S/C6H11NO6/c1-7-2-4(13-6(10)11)3-12-5(8)9/h4,7H,2-3H2,1H3,(H,8,9)(H,10,11). The molecular formula is C6H11NO6. The topological polar surface area (TPSA) is 105 Å². The fourth-order valence-electron chi connectivity index (χ4n) is 0.669. The van der Waals surface area contributed by atoms with E-state index in [1.165, 1.54) is 0 Å². The number of hydrogen-bond acceptors (Lipinski definition) is 5. The lowest BCUT2D eigenvalue weighted by Crippen LogP contribution is -2.33. The Labute approximate surface area is 74.3 Å². The second-order valence-electron chi connectivity index (χ2n) is 2.14. The third kappa shape index (κ3) is 6.88. The predicted octanol–water partition coefficient (Wildman–Crippen LogP) is -0.0364. The van der Waals surface area contributed by atoms with Gasteiger partial charge in [-0.05, 0) is 7.05 Å². The van der Waals surface area contributed by atoms with Crippen molar-refractivity contribution in [2.75, 3.05) is 20.2 Å². The van der Waals surface area contributed by atoms with Crippen LogP contribution in [0.5, 0.6) is 0 Å². The maximum absolute atomic E-state index is 10.1. The third-order valence-electron chi connectivity index (χ3n) is 1.09. The maximum atomic E-state index is 10.1. The predicted molar refractivity (Wildman–Crippen MR) is 40.8 cm³/mol. The number of carbonyl (C=O) groups is 2. The molecule has 0 aliphatic carbocycles. The summed E-state index contributed by atoms with van der Waals surface area (Å²) < 4.78 is 8.45. The Morgan fingerprint density at radius 1 is 1.38 bits per heavy atom. The van der Waals surface area contributed by atoms with Crippen LogP contribution in [0.25, 0.3) is 0 Å². The van der Waals surface area contributed by atoms with E-state index in [1.807, 2.05) is 0 Å².